The third kappa shape index (κ3) is 2.67. The quantitative estimate of drug-likeness (QED) is 0.700. The first kappa shape index (κ1) is 13.1. The van der Waals surface area contributed by atoms with Gasteiger partial charge < -0.3 is 13.9 Å². The summed E-state index contributed by atoms with van der Waals surface area (Å²) in [5.74, 6) is 1.62. The van der Waals surface area contributed by atoms with Crippen molar-refractivity contribution < 1.29 is 13.9 Å². The van der Waals surface area contributed by atoms with Gasteiger partial charge in [0.1, 0.15) is 0 Å². The highest BCUT2D eigenvalue weighted by atomic mass is 79.9. The summed E-state index contributed by atoms with van der Waals surface area (Å²) in [5.41, 5.74) is 2.15. The fourth-order valence-corrected chi connectivity index (χ4v) is 3.42. The molecule has 0 N–H and O–H groups in total. The van der Waals surface area contributed by atoms with E-state index in [-0.39, 0.29) is 4.83 Å². The Morgan fingerprint density at radius 1 is 1.05 bits per heavy atom. The van der Waals surface area contributed by atoms with Gasteiger partial charge in [-0.15, -0.1) is 0 Å². The van der Waals surface area contributed by atoms with Crippen LogP contribution in [0.25, 0.3) is 0 Å². The van der Waals surface area contributed by atoms with E-state index in [1.165, 1.54) is 0 Å². The molecule has 19 heavy (non-hydrogen) atoms. The molecule has 0 spiro atoms. The molecule has 1 unspecified atom stereocenters. The van der Waals surface area contributed by atoms with Crippen LogP contribution in [-0.4, -0.2) is 13.2 Å². The maximum atomic E-state index is 5.71. The first-order chi connectivity index (χ1) is 9.25. The van der Waals surface area contributed by atoms with Crippen LogP contribution in [0.4, 0.5) is 0 Å². The van der Waals surface area contributed by atoms with Crippen molar-refractivity contribution in [1.29, 1.82) is 0 Å². The second kappa shape index (κ2) is 5.59. The predicted molar refractivity (Wildman–Crippen MR) is 79.2 cm³/mol. The smallest absolute Gasteiger partial charge is 0.173 e. The Kier molecular flexibility index (Phi) is 3.84. The largest absolute Gasteiger partial charge is 0.490 e. The van der Waals surface area contributed by atoms with Gasteiger partial charge in [0.15, 0.2) is 16.2 Å². The van der Waals surface area contributed by atoms with Crippen LogP contribution in [0.15, 0.2) is 39.6 Å². The van der Waals surface area contributed by atoms with Crippen LogP contribution in [-0.2, 0) is 0 Å². The number of hydrogen-bond donors (Lipinski definition) is 0. The first-order valence-corrected chi connectivity index (χ1v) is 7.73. The van der Waals surface area contributed by atoms with E-state index in [9.17, 15) is 0 Å². The fourth-order valence-electron chi connectivity index (χ4n) is 2.00. The lowest BCUT2D eigenvalue weighted by Gasteiger charge is -2.13. The molecule has 1 aliphatic heterocycles. The highest BCUT2D eigenvalue weighted by Crippen LogP contribution is 2.40. The Morgan fingerprint density at radius 2 is 1.84 bits per heavy atom. The molecular weight excluding hydrogens is 376 g/mol. The van der Waals surface area contributed by atoms with Crippen LogP contribution >= 0.6 is 31.9 Å². The van der Waals surface area contributed by atoms with Crippen LogP contribution in [0.1, 0.15) is 22.4 Å². The maximum Gasteiger partial charge on any atom is 0.173 e. The predicted octanol–water partition coefficient (Wildman–Crippen LogP) is 4.69. The molecule has 2 heterocycles. The average molecular weight is 388 g/mol. The molecule has 1 aromatic heterocycles. The molecule has 1 aliphatic rings. The highest BCUT2D eigenvalue weighted by Gasteiger charge is 2.18. The van der Waals surface area contributed by atoms with E-state index in [1.807, 2.05) is 24.3 Å². The number of ether oxygens (including phenoxy) is 2. The summed E-state index contributed by atoms with van der Waals surface area (Å²) >= 11 is 7.08. The van der Waals surface area contributed by atoms with Crippen molar-refractivity contribution in [2.75, 3.05) is 13.2 Å². The minimum atomic E-state index is 0.0535. The van der Waals surface area contributed by atoms with Gasteiger partial charge in [0.2, 0.25) is 0 Å². The van der Waals surface area contributed by atoms with Crippen LogP contribution in [0.2, 0.25) is 0 Å². The van der Waals surface area contributed by atoms with Crippen molar-refractivity contribution in [1.82, 2.24) is 0 Å². The van der Waals surface area contributed by atoms with E-state index in [0.29, 0.717) is 13.2 Å². The number of rotatable bonds is 2. The number of alkyl halides is 1. The molecule has 0 saturated carbocycles. The third-order valence-corrected chi connectivity index (χ3v) is 4.65. The third-order valence-electron chi connectivity index (χ3n) is 2.98. The number of hydrogen-bond acceptors (Lipinski definition) is 3. The van der Waals surface area contributed by atoms with E-state index in [0.717, 1.165) is 33.7 Å². The number of furan rings is 1. The number of halogens is 2. The van der Waals surface area contributed by atoms with Crippen molar-refractivity contribution in [3.63, 3.8) is 0 Å². The molecule has 0 bridgehead atoms. The number of benzene rings is 1. The van der Waals surface area contributed by atoms with Crippen molar-refractivity contribution >= 4 is 31.9 Å². The minimum Gasteiger partial charge on any atom is -0.490 e. The van der Waals surface area contributed by atoms with Gasteiger partial charge in [-0.1, -0.05) is 22.0 Å². The van der Waals surface area contributed by atoms with Gasteiger partial charge in [-0.25, -0.2) is 0 Å². The van der Waals surface area contributed by atoms with Crippen molar-refractivity contribution in [2.45, 2.75) is 11.2 Å². The molecule has 0 radical (unpaired) electrons. The molecule has 5 heteroatoms. The van der Waals surface area contributed by atoms with Gasteiger partial charge in [-0.05, 0) is 39.7 Å². The van der Waals surface area contributed by atoms with E-state index in [2.05, 4.69) is 31.9 Å². The lowest BCUT2D eigenvalue weighted by molar-refractivity contribution is 0.297. The minimum absolute atomic E-state index is 0.0535. The molecule has 0 aliphatic carbocycles. The molecule has 0 saturated heterocycles. The van der Waals surface area contributed by atoms with Gasteiger partial charge >= 0.3 is 0 Å². The average Bonchev–Trinajstić information content (AvgIpc) is 2.72. The summed E-state index contributed by atoms with van der Waals surface area (Å²) in [6, 6.07) is 7.94. The van der Waals surface area contributed by atoms with Gasteiger partial charge in [-0.3, -0.25) is 0 Å². The molecule has 1 aromatic carbocycles. The second-order valence-corrected chi connectivity index (χ2v) is 5.90. The van der Waals surface area contributed by atoms with Crippen LogP contribution in [0.3, 0.4) is 0 Å². The molecule has 3 rings (SSSR count). The Hall–Kier alpha value is -0.940. The Bertz CT molecular complexity index is 580. The summed E-state index contributed by atoms with van der Waals surface area (Å²) in [6.45, 7) is 1.40. The Balaban J connectivity index is 1.93. The monoisotopic (exact) mass is 386 g/mol. The fraction of sp³-hybridized carbons (Fsp3) is 0.286. The Labute approximate surface area is 128 Å². The number of fused-ring (bicyclic) bond motifs is 1. The molecule has 3 nitrogen and oxygen atoms in total. The summed E-state index contributed by atoms with van der Waals surface area (Å²) in [4.78, 5) is 0.0535. The van der Waals surface area contributed by atoms with Crippen LogP contribution in [0, 0.1) is 0 Å². The molecule has 0 fully saturated rings. The van der Waals surface area contributed by atoms with Gasteiger partial charge in [-0.2, -0.15) is 0 Å². The lowest BCUT2D eigenvalue weighted by Crippen LogP contribution is -1.97. The summed E-state index contributed by atoms with van der Waals surface area (Å²) in [5, 5.41) is 0. The van der Waals surface area contributed by atoms with Crippen molar-refractivity contribution in [2.24, 2.45) is 0 Å². The maximum absolute atomic E-state index is 5.71. The van der Waals surface area contributed by atoms with Gasteiger partial charge in [0.25, 0.3) is 0 Å². The van der Waals surface area contributed by atoms with Crippen LogP contribution in [0.5, 0.6) is 11.5 Å². The summed E-state index contributed by atoms with van der Waals surface area (Å²) in [6.07, 6.45) is 2.58. The van der Waals surface area contributed by atoms with E-state index >= 15 is 0 Å². The van der Waals surface area contributed by atoms with Crippen molar-refractivity contribution in [3.05, 3.63) is 46.3 Å². The zero-order valence-corrected chi connectivity index (χ0v) is 13.2. The lowest BCUT2D eigenvalue weighted by atomic mass is 10.1. The van der Waals surface area contributed by atoms with E-state index in [4.69, 9.17) is 13.9 Å². The van der Waals surface area contributed by atoms with Crippen molar-refractivity contribution in [3.8, 4) is 11.5 Å². The standard InChI is InChI=1S/C14H12Br2O3/c15-13(10-4-7-19-14(10)16)9-2-3-11-12(8-9)18-6-1-5-17-11/h2-4,7-8,13H,1,5-6H2. The Morgan fingerprint density at radius 3 is 2.58 bits per heavy atom. The summed E-state index contributed by atoms with van der Waals surface area (Å²) < 4.78 is 17.3. The van der Waals surface area contributed by atoms with Crippen LogP contribution < -0.4 is 9.47 Å². The van der Waals surface area contributed by atoms with E-state index < -0.39 is 0 Å². The normalized spacial score (nSPS) is 15.9. The molecule has 2 aromatic rings. The van der Waals surface area contributed by atoms with E-state index in [1.54, 1.807) is 6.26 Å². The topological polar surface area (TPSA) is 31.6 Å². The first-order valence-electron chi connectivity index (χ1n) is 6.02. The summed E-state index contributed by atoms with van der Waals surface area (Å²) in [7, 11) is 0. The van der Waals surface area contributed by atoms with Gasteiger partial charge in [0.05, 0.1) is 24.3 Å². The zero-order chi connectivity index (χ0) is 13.2. The SMILES string of the molecule is Brc1occc1C(Br)c1ccc2c(c1)OCCCO2. The highest BCUT2D eigenvalue weighted by molar-refractivity contribution is 9.10. The second-order valence-electron chi connectivity index (χ2n) is 4.27. The molecule has 1 atom stereocenters. The molecule has 0 amide bonds. The molecular formula is C14H12Br2O3. The molecule has 100 valence electrons. The van der Waals surface area contributed by atoms with Gasteiger partial charge in [0, 0.05) is 12.0 Å². The zero-order valence-electron chi connectivity index (χ0n) is 10.1.